The van der Waals surface area contributed by atoms with Gasteiger partial charge in [-0.3, -0.25) is 0 Å². The summed E-state index contributed by atoms with van der Waals surface area (Å²) in [7, 11) is 0. The standard InChI is InChI=1S/CF4.4CH3N/c2-1(3,4)5;4*1-2/h;4*2H,1H2. The molecular weight excluding hydrogens is 192 g/mol. The Hall–Kier alpha value is -1.60. The SMILES string of the molecule is C=N.C=N.C=N.C=N.FC(F)(F)F. The molecule has 0 bridgehead atoms. The molecule has 0 aromatic carbocycles. The highest BCUT2D eigenvalue weighted by Gasteiger charge is 2.24. The summed E-state index contributed by atoms with van der Waals surface area (Å²) in [5, 5.41) is 22.0. The third kappa shape index (κ3) is 287. The third-order valence-corrected chi connectivity index (χ3v) is 0. The van der Waals surface area contributed by atoms with E-state index in [0.717, 1.165) is 0 Å². The first-order valence-electron chi connectivity index (χ1n) is 2.17. The van der Waals surface area contributed by atoms with Crippen LogP contribution >= 0.6 is 0 Å². The predicted molar refractivity (Wildman–Crippen MR) is 46.5 cm³/mol. The molecule has 0 aliphatic carbocycles. The maximum atomic E-state index is 9.69. The molecule has 80 valence electrons. The van der Waals surface area contributed by atoms with Gasteiger partial charge in [-0.25, -0.2) is 0 Å². The van der Waals surface area contributed by atoms with Gasteiger partial charge in [0.25, 0.3) is 0 Å². The molecule has 0 aliphatic rings. The number of hydrogen-bond acceptors (Lipinski definition) is 4. The Morgan fingerprint density at radius 2 is 0.538 bits per heavy atom. The Kier molecular flexibility index (Phi) is 110. The van der Waals surface area contributed by atoms with Crippen molar-refractivity contribution in [1.29, 1.82) is 21.6 Å². The quantitative estimate of drug-likeness (QED) is 0.344. The van der Waals surface area contributed by atoms with Crippen LogP contribution in [0.15, 0.2) is 0 Å². The fourth-order valence-electron chi connectivity index (χ4n) is 0. The van der Waals surface area contributed by atoms with Crippen LogP contribution in [0.4, 0.5) is 17.6 Å². The molecule has 0 unspecified atom stereocenters. The monoisotopic (exact) mass is 204 g/mol. The normalized spacial score (nSPS) is 5.85. The molecule has 0 saturated carbocycles. The Balaban J connectivity index is -0.0000000230. The van der Waals surface area contributed by atoms with Gasteiger partial charge in [0.1, 0.15) is 0 Å². The van der Waals surface area contributed by atoms with Crippen molar-refractivity contribution in [2.45, 2.75) is 6.43 Å². The van der Waals surface area contributed by atoms with E-state index >= 15 is 0 Å². The van der Waals surface area contributed by atoms with Crippen molar-refractivity contribution in [3.63, 3.8) is 0 Å². The largest absolute Gasteiger partial charge is 0.559 e. The second kappa shape index (κ2) is 47.5. The second-order valence-electron chi connectivity index (χ2n) is 0.429. The van der Waals surface area contributed by atoms with Crippen LogP contribution in [-0.2, 0) is 0 Å². The molecule has 0 atom stereocenters. The van der Waals surface area contributed by atoms with E-state index in [9.17, 15) is 17.6 Å². The van der Waals surface area contributed by atoms with E-state index in [2.05, 4.69) is 26.9 Å². The van der Waals surface area contributed by atoms with Gasteiger partial charge in [-0.2, -0.15) is 0 Å². The van der Waals surface area contributed by atoms with Gasteiger partial charge in [0, 0.05) is 0 Å². The molecule has 0 aromatic heterocycles. The minimum absolute atomic E-state index is 2.50. The van der Waals surface area contributed by atoms with Crippen LogP contribution in [-0.4, -0.2) is 33.3 Å². The molecule has 0 heterocycles. The lowest BCUT2D eigenvalue weighted by Crippen LogP contribution is -1.92. The number of nitrogens with one attached hydrogen (secondary N) is 4. The molecule has 13 heavy (non-hydrogen) atoms. The number of alkyl halides is 4. The van der Waals surface area contributed by atoms with Crippen LogP contribution in [0, 0.1) is 21.6 Å². The van der Waals surface area contributed by atoms with E-state index in [0.29, 0.717) is 0 Å². The summed E-state index contributed by atoms with van der Waals surface area (Å²) in [6.45, 7) is 10.0. The third-order valence-electron chi connectivity index (χ3n) is 0. The highest BCUT2D eigenvalue weighted by molar-refractivity contribution is 5.16. The molecule has 0 saturated heterocycles. The summed E-state index contributed by atoms with van der Waals surface area (Å²) in [6.07, 6.45) is -5.50. The molecule has 0 aromatic rings. The first-order valence-corrected chi connectivity index (χ1v) is 2.17. The maximum Gasteiger partial charge on any atom is 0.559 e. The average Bonchev–Trinajstić information content (AvgIpc) is 2.14. The zero-order valence-corrected chi connectivity index (χ0v) is 6.84. The van der Waals surface area contributed by atoms with E-state index < -0.39 is 6.43 Å². The van der Waals surface area contributed by atoms with Crippen molar-refractivity contribution in [1.82, 2.24) is 0 Å². The van der Waals surface area contributed by atoms with Crippen molar-refractivity contribution < 1.29 is 17.6 Å². The molecule has 0 aliphatic heterocycles. The summed E-state index contributed by atoms with van der Waals surface area (Å²) in [5.41, 5.74) is 0. The van der Waals surface area contributed by atoms with E-state index in [1.165, 1.54) is 0 Å². The summed E-state index contributed by atoms with van der Waals surface area (Å²) >= 11 is 0. The van der Waals surface area contributed by atoms with Crippen LogP contribution in [0.5, 0.6) is 0 Å². The lowest BCUT2D eigenvalue weighted by atomic mass is 11.5. The number of hydrogen-bond donors (Lipinski definition) is 4. The Labute approximate surface area is 73.6 Å². The minimum Gasteiger partial charge on any atom is -0.317 e. The molecule has 4 nitrogen and oxygen atoms in total. The van der Waals surface area contributed by atoms with Crippen molar-refractivity contribution in [3.8, 4) is 0 Å². The molecule has 0 fully saturated rings. The lowest BCUT2D eigenvalue weighted by molar-refractivity contribution is -0.237. The predicted octanol–water partition coefficient (Wildman–Crippen LogP) is 2.54. The van der Waals surface area contributed by atoms with Gasteiger partial charge < -0.3 is 21.6 Å². The van der Waals surface area contributed by atoms with Crippen LogP contribution in [0.3, 0.4) is 0 Å². The number of rotatable bonds is 0. The summed E-state index contributed by atoms with van der Waals surface area (Å²) in [5.74, 6) is 0. The zero-order chi connectivity index (χ0) is 12.5. The molecule has 0 radical (unpaired) electrons. The molecule has 0 rings (SSSR count). The first-order chi connectivity index (χ1) is 6.00. The molecular formula is C5H12F4N4. The van der Waals surface area contributed by atoms with Gasteiger partial charge in [0.2, 0.25) is 0 Å². The zero-order valence-electron chi connectivity index (χ0n) is 6.84. The maximum absolute atomic E-state index is 9.69. The van der Waals surface area contributed by atoms with Gasteiger partial charge in [-0.15, -0.1) is 17.6 Å². The van der Waals surface area contributed by atoms with Crippen LogP contribution in [0.25, 0.3) is 0 Å². The summed E-state index contributed by atoms with van der Waals surface area (Å²) in [4.78, 5) is 0. The van der Waals surface area contributed by atoms with Gasteiger partial charge in [-0.1, -0.05) is 0 Å². The highest BCUT2D eigenvalue weighted by Crippen LogP contribution is 2.13. The van der Waals surface area contributed by atoms with Gasteiger partial charge in [0.05, 0.1) is 0 Å². The topological polar surface area (TPSA) is 95.4 Å². The van der Waals surface area contributed by atoms with Crippen molar-refractivity contribution >= 4 is 26.9 Å². The molecule has 4 N–H and O–H groups in total. The average molecular weight is 204 g/mol. The van der Waals surface area contributed by atoms with Crippen molar-refractivity contribution in [2.75, 3.05) is 0 Å². The highest BCUT2D eigenvalue weighted by atomic mass is 19.5. The summed E-state index contributed by atoms with van der Waals surface area (Å²) < 4.78 is 38.8. The van der Waals surface area contributed by atoms with Gasteiger partial charge in [-0.05, 0) is 26.9 Å². The van der Waals surface area contributed by atoms with Crippen LogP contribution in [0.2, 0.25) is 0 Å². The van der Waals surface area contributed by atoms with Gasteiger partial charge >= 0.3 is 6.43 Å². The Morgan fingerprint density at radius 1 is 0.538 bits per heavy atom. The smallest absolute Gasteiger partial charge is 0.317 e. The molecule has 0 spiro atoms. The molecule has 8 heteroatoms. The van der Waals surface area contributed by atoms with Gasteiger partial charge in [0.15, 0.2) is 0 Å². The Morgan fingerprint density at radius 3 is 0.538 bits per heavy atom. The van der Waals surface area contributed by atoms with E-state index in [-0.39, 0.29) is 0 Å². The number of halogens is 4. The molecule has 0 amide bonds. The summed E-state index contributed by atoms with van der Waals surface area (Å²) in [6, 6.07) is 0. The second-order valence-corrected chi connectivity index (χ2v) is 0.429. The van der Waals surface area contributed by atoms with E-state index in [1.54, 1.807) is 0 Å². The fourth-order valence-corrected chi connectivity index (χ4v) is 0. The van der Waals surface area contributed by atoms with Crippen molar-refractivity contribution in [3.05, 3.63) is 0 Å². The van der Waals surface area contributed by atoms with Crippen molar-refractivity contribution in [2.24, 2.45) is 0 Å². The van der Waals surface area contributed by atoms with E-state index in [1.807, 2.05) is 0 Å². The van der Waals surface area contributed by atoms with Crippen LogP contribution in [0.1, 0.15) is 0 Å². The first kappa shape index (κ1) is 30.1. The Bertz CT molecular complexity index is 63.4. The fraction of sp³-hybridized carbons (Fsp3) is 0.200. The van der Waals surface area contributed by atoms with Crippen LogP contribution < -0.4 is 0 Å². The minimum atomic E-state index is -5.50. The van der Waals surface area contributed by atoms with E-state index in [4.69, 9.17) is 21.6 Å². The lowest BCUT2D eigenvalue weighted by Gasteiger charge is -1.82.